The standard InChI is InChI=1S/C3H5O2/c1-3(5)2-4/h4-5H,1H3. The van der Waals surface area contributed by atoms with Gasteiger partial charge < -0.3 is 10.2 Å². The Kier molecular flexibility index (Phi) is 1.42. The third-order valence-corrected chi connectivity index (χ3v) is 0.162. The van der Waals surface area contributed by atoms with Gasteiger partial charge in [0.15, 0.2) is 6.26 Å². The van der Waals surface area contributed by atoms with Gasteiger partial charge in [-0.3, -0.25) is 0 Å². The maximum absolute atomic E-state index is 7.92. The van der Waals surface area contributed by atoms with Crippen molar-refractivity contribution in [2.45, 2.75) is 6.92 Å². The third kappa shape index (κ3) is 3.34. The van der Waals surface area contributed by atoms with Gasteiger partial charge in [0.1, 0.15) is 5.76 Å². The molecule has 5 heavy (non-hydrogen) atoms. The normalized spacial score (nSPS) is 11.8. The first-order valence-corrected chi connectivity index (χ1v) is 1.20. The van der Waals surface area contributed by atoms with Gasteiger partial charge in [-0.05, 0) is 6.92 Å². The molecule has 1 radical (unpaired) electrons. The van der Waals surface area contributed by atoms with Gasteiger partial charge in [0, 0.05) is 0 Å². The molecule has 0 heterocycles. The monoisotopic (exact) mass is 73.0 g/mol. The SMILES string of the molecule is C/C(O)=[C]/O. The van der Waals surface area contributed by atoms with Gasteiger partial charge in [0.2, 0.25) is 0 Å². The molecule has 0 amide bonds. The molecule has 2 heteroatoms. The van der Waals surface area contributed by atoms with Crippen LogP contribution in [0.2, 0.25) is 0 Å². The highest BCUT2D eigenvalue weighted by molar-refractivity contribution is 4.67. The Balaban J connectivity index is 3.14. The summed E-state index contributed by atoms with van der Waals surface area (Å²) >= 11 is 0. The van der Waals surface area contributed by atoms with Crippen molar-refractivity contribution in [2.24, 2.45) is 0 Å². The summed E-state index contributed by atoms with van der Waals surface area (Å²) in [6, 6.07) is 0. The van der Waals surface area contributed by atoms with E-state index in [9.17, 15) is 0 Å². The van der Waals surface area contributed by atoms with Gasteiger partial charge in [-0.1, -0.05) is 0 Å². The molecular formula is C3H5O2. The van der Waals surface area contributed by atoms with E-state index in [4.69, 9.17) is 10.2 Å². The minimum Gasteiger partial charge on any atom is -0.509 e. The van der Waals surface area contributed by atoms with Crippen LogP contribution in [0, 0.1) is 6.26 Å². The van der Waals surface area contributed by atoms with Crippen molar-refractivity contribution in [1.82, 2.24) is 0 Å². The zero-order valence-electron chi connectivity index (χ0n) is 2.89. The van der Waals surface area contributed by atoms with E-state index in [2.05, 4.69) is 0 Å². The molecule has 0 saturated heterocycles. The van der Waals surface area contributed by atoms with Gasteiger partial charge in [-0.2, -0.15) is 0 Å². The fraction of sp³-hybridized carbons (Fsp3) is 0.333. The van der Waals surface area contributed by atoms with Crippen molar-refractivity contribution in [1.29, 1.82) is 0 Å². The molecule has 0 unspecified atom stereocenters. The smallest absolute Gasteiger partial charge is 0.199 e. The van der Waals surface area contributed by atoms with E-state index in [-0.39, 0.29) is 5.76 Å². The van der Waals surface area contributed by atoms with E-state index in [1.54, 1.807) is 0 Å². The molecule has 0 saturated carbocycles. The first kappa shape index (κ1) is 4.34. The quantitative estimate of drug-likeness (QED) is 0.416. The molecule has 0 bridgehead atoms. The van der Waals surface area contributed by atoms with E-state index in [1.165, 1.54) is 13.2 Å². The van der Waals surface area contributed by atoms with Crippen LogP contribution < -0.4 is 0 Å². The molecule has 0 aromatic rings. The fourth-order valence-corrected chi connectivity index (χ4v) is 0. The fourth-order valence-electron chi connectivity index (χ4n) is 0. The van der Waals surface area contributed by atoms with Gasteiger partial charge in [0.05, 0.1) is 0 Å². The first-order chi connectivity index (χ1) is 2.27. The highest BCUT2D eigenvalue weighted by atomic mass is 16.3. The minimum absolute atomic E-state index is 0.190. The van der Waals surface area contributed by atoms with Crippen molar-refractivity contribution in [3.05, 3.63) is 12.0 Å². The van der Waals surface area contributed by atoms with Crippen molar-refractivity contribution in [3.63, 3.8) is 0 Å². The summed E-state index contributed by atoms with van der Waals surface area (Å²) in [4.78, 5) is 0. The molecule has 0 rings (SSSR count). The molecule has 2 nitrogen and oxygen atoms in total. The van der Waals surface area contributed by atoms with E-state index >= 15 is 0 Å². The van der Waals surface area contributed by atoms with Crippen LogP contribution >= 0.6 is 0 Å². The molecule has 0 aromatic heterocycles. The van der Waals surface area contributed by atoms with Crippen molar-refractivity contribution >= 4 is 0 Å². The summed E-state index contributed by atoms with van der Waals surface area (Å²) in [6.45, 7) is 1.33. The highest BCUT2D eigenvalue weighted by Crippen LogP contribution is 1.72. The molecule has 0 aliphatic carbocycles. The van der Waals surface area contributed by atoms with Crippen LogP contribution in [0.1, 0.15) is 6.92 Å². The lowest BCUT2D eigenvalue weighted by Crippen LogP contribution is -1.64. The highest BCUT2D eigenvalue weighted by Gasteiger charge is 1.68. The predicted octanol–water partition coefficient (Wildman–Crippen LogP) is 0.767. The lowest BCUT2D eigenvalue weighted by molar-refractivity contribution is 0.345. The number of hydrogen-bond donors (Lipinski definition) is 2. The van der Waals surface area contributed by atoms with Crippen LogP contribution in [0.25, 0.3) is 0 Å². The van der Waals surface area contributed by atoms with Crippen LogP contribution in [-0.2, 0) is 0 Å². The molecule has 0 aromatic carbocycles. The van der Waals surface area contributed by atoms with Gasteiger partial charge in [0.25, 0.3) is 0 Å². The maximum atomic E-state index is 7.92. The lowest BCUT2D eigenvalue weighted by atomic mass is 10.7. The largest absolute Gasteiger partial charge is 0.509 e. The average molecular weight is 73.1 g/mol. The summed E-state index contributed by atoms with van der Waals surface area (Å²) in [5, 5.41) is 15.5. The zero-order chi connectivity index (χ0) is 4.28. The Morgan fingerprint density at radius 2 is 2.00 bits per heavy atom. The van der Waals surface area contributed by atoms with Gasteiger partial charge in [-0.15, -0.1) is 0 Å². The lowest BCUT2D eigenvalue weighted by Gasteiger charge is -1.72. The molecule has 2 N–H and O–H groups in total. The van der Waals surface area contributed by atoms with E-state index in [0.29, 0.717) is 0 Å². The predicted molar refractivity (Wildman–Crippen MR) is 17.7 cm³/mol. The van der Waals surface area contributed by atoms with Crippen LogP contribution in [0.5, 0.6) is 0 Å². The van der Waals surface area contributed by atoms with Crippen LogP contribution in [0.3, 0.4) is 0 Å². The van der Waals surface area contributed by atoms with Gasteiger partial charge in [-0.25, -0.2) is 0 Å². The topological polar surface area (TPSA) is 40.5 Å². The Bertz CT molecular complexity index is 42.9. The summed E-state index contributed by atoms with van der Waals surface area (Å²) in [5.74, 6) is -0.190. The second-order valence-electron chi connectivity index (χ2n) is 0.697. The van der Waals surface area contributed by atoms with E-state index in [0.717, 1.165) is 0 Å². The van der Waals surface area contributed by atoms with Crippen molar-refractivity contribution in [2.75, 3.05) is 0 Å². The Labute approximate surface area is 30.4 Å². The third-order valence-electron chi connectivity index (χ3n) is 0.162. The van der Waals surface area contributed by atoms with Crippen LogP contribution in [0.15, 0.2) is 5.76 Å². The van der Waals surface area contributed by atoms with Gasteiger partial charge >= 0.3 is 0 Å². The summed E-state index contributed by atoms with van der Waals surface area (Å²) < 4.78 is 0. The van der Waals surface area contributed by atoms with Crippen molar-refractivity contribution < 1.29 is 10.2 Å². The van der Waals surface area contributed by atoms with Crippen LogP contribution in [-0.4, -0.2) is 10.2 Å². The average Bonchev–Trinajstić information content (AvgIpc) is 1.38. The number of aliphatic hydroxyl groups is 2. The molecule has 0 aliphatic rings. The molecular weight excluding hydrogens is 68.0 g/mol. The Hall–Kier alpha value is -0.660. The second kappa shape index (κ2) is 1.64. The van der Waals surface area contributed by atoms with E-state index in [1.807, 2.05) is 0 Å². The molecule has 29 valence electrons. The molecule has 0 fully saturated rings. The molecule has 0 aliphatic heterocycles. The number of aliphatic hydroxyl groups excluding tert-OH is 2. The molecule has 0 spiro atoms. The molecule has 0 atom stereocenters. The number of allylic oxidation sites excluding steroid dienone is 1. The summed E-state index contributed by atoms with van der Waals surface area (Å²) in [5.41, 5.74) is 0. The second-order valence-corrected chi connectivity index (χ2v) is 0.697. The summed E-state index contributed by atoms with van der Waals surface area (Å²) in [6.07, 6.45) is 1.50. The Morgan fingerprint density at radius 3 is 2.00 bits per heavy atom. The zero-order valence-corrected chi connectivity index (χ0v) is 2.89. The maximum Gasteiger partial charge on any atom is 0.199 e. The number of hydrogen-bond acceptors (Lipinski definition) is 2. The number of rotatable bonds is 0. The summed E-state index contributed by atoms with van der Waals surface area (Å²) in [7, 11) is 0. The van der Waals surface area contributed by atoms with E-state index < -0.39 is 0 Å². The minimum atomic E-state index is -0.190. The Morgan fingerprint density at radius 1 is 1.80 bits per heavy atom. The van der Waals surface area contributed by atoms with Crippen molar-refractivity contribution in [3.8, 4) is 0 Å². The van der Waals surface area contributed by atoms with Crippen LogP contribution in [0.4, 0.5) is 0 Å². The first-order valence-electron chi connectivity index (χ1n) is 1.20.